The highest BCUT2D eigenvalue weighted by Gasteiger charge is 2.48. The Labute approximate surface area is 209 Å². The first-order valence-electron chi connectivity index (χ1n) is 11.9. The zero-order valence-electron chi connectivity index (χ0n) is 20.1. The fourth-order valence-electron chi connectivity index (χ4n) is 4.47. The molecule has 0 radical (unpaired) electrons. The summed E-state index contributed by atoms with van der Waals surface area (Å²) < 4.78 is 5.81. The van der Waals surface area contributed by atoms with Crippen LogP contribution < -0.4 is 9.64 Å². The molecular weight excluding hydrogens is 452 g/mol. The number of benzene rings is 3. The number of carbonyl (C=O) groups excluding carboxylic acids is 2. The van der Waals surface area contributed by atoms with Gasteiger partial charge in [0, 0.05) is 17.1 Å². The highest BCUT2D eigenvalue weighted by Crippen LogP contribution is 2.43. The van der Waals surface area contributed by atoms with Gasteiger partial charge in [-0.1, -0.05) is 68.4 Å². The molecule has 0 aliphatic carbocycles. The smallest absolute Gasteiger partial charge is 0.300 e. The van der Waals surface area contributed by atoms with E-state index in [1.54, 1.807) is 48.7 Å². The molecule has 4 aromatic rings. The lowest BCUT2D eigenvalue weighted by atomic mass is 9.97. The number of nitrogens with zero attached hydrogens (tertiary/aromatic N) is 2. The van der Waals surface area contributed by atoms with Crippen LogP contribution in [-0.4, -0.2) is 28.4 Å². The Morgan fingerprint density at radius 1 is 0.972 bits per heavy atom. The van der Waals surface area contributed by atoms with E-state index in [1.807, 2.05) is 56.3 Å². The van der Waals surface area contributed by atoms with Crippen LogP contribution in [0.1, 0.15) is 31.1 Å². The van der Waals surface area contributed by atoms with Crippen LogP contribution in [0.15, 0.2) is 96.7 Å². The highest BCUT2D eigenvalue weighted by molar-refractivity contribution is 6.52. The fourth-order valence-corrected chi connectivity index (χ4v) is 4.47. The second kappa shape index (κ2) is 9.66. The monoisotopic (exact) mass is 478 g/mol. The van der Waals surface area contributed by atoms with Crippen molar-refractivity contribution in [1.29, 1.82) is 0 Å². The number of rotatable bonds is 6. The molecule has 1 aromatic heterocycles. The topological polar surface area (TPSA) is 79.7 Å². The number of carbonyl (C=O) groups is 2. The standard InChI is InChI=1S/C30H26N2O4/c1-19(2)18-36-22-12-7-11-21(17-22)28(33)26-27(24-14-5-6-16-31-24)32(30(35)29(26)34)25-15-8-10-20-9-3-4-13-23(20)25/h3-17,19,27,33H,18H2,1-2H3/b28-26+. The predicted octanol–water partition coefficient (Wildman–Crippen LogP) is 5.90. The van der Waals surface area contributed by atoms with Crippen molar-refractivity contribution in [1.82, 2.24) is 4.98 Å². The van der Waals surface area contributed by atoms with Gasteiger partial charge < -0.3 is 9.84 Å². The van der Waals surface area contributed by atoms with Gasteiger partial charge in [-0.2, -0.15) is 0 Å². The molecule has 6 heteroatoms. The fraction of sp³-hybridized carbons (Fsp3) is 0.167. The van der Waals surface area contributed by atoms with Crippen LogP contribution in [0.3, 0.4) is 0 Å². The lowest BCUT2D eigenvalue weighted by Gasteiger charge is -2.25. The molecule has 6 nitrogen and oxygen atoms in total. The quantitative estimate of drug-likeness (QED) is 0.212. The Bertz CT molecular complexity index is 1470. The normalized spacial score (nSPS) is 17.2. The molecule has 1 aliphatic heterocycles. The summed E-state index contributed by atoms with van der Waals surface area (Å²) >= 11 is 0. The number of anilines is 1. The van der Waals surface area contributed by atoms with E-state index in [0.717, 1.165) is 10.8 Å². The van der Waals surface area contributed by atoms with Crippen LogP contribution in [-0.2, 0) is 9.59 Å². The molecule has 0 spiro atoms. The first-order chi connectivity index (χ1) is 17.5. The highest BCUT2D eigenvalue weighted by atomic mass is 16.5. The predicted molar refractivity (Wildman–Crippen MR) is 140 cm³/mol. The Balaban J connectivity index is 1.69. The number of ether oxygens (including phenoxy) is 1. The summed E-state index contributed by atoms with van der Waals surface area (Å²) in [4.78, 5) is 32.9. The van der Waals surface area contributed by atoms with Gasteiger partial charge in [-0.25, -0.2) is 0 Å². The zero-order chi connectivity index (χ0) is 25.2. The Morgan fingerprint density at radius 2 is 1.72 bits per heavy atom. The third kappa shape index (κ3) is 4.22. The number of fused-ring (bicyclic) bond motifs is 1. The zero-order valence-corrected chi connectivity index (χ0v) is 20.1. The first kappa shape index (κ1) is 23.3. The lowest BCUT2D eigenvalue weighted by molar-refractivity contribution is -0.132. The van der Waals surface area contributed by atoms with Crippen LogP contribution >= 0.6 is 0 Å². The van der Waals surface area contributed by atoms with Crippen LogP contribution in [0.25, 0.3) is 16.5 Å². The minimum absolute atomic E-state index is 0.00681. The average molecular weight is 479 g/mol. The molecule has 1 saturated heterocycles. The molecule has 36 heavy (non-hydrogen) atoms. The molecule has 1 amide bonds. The molecular formula is C30H26N2O4. The minimum Gasteiger partial charge on any atom is -0.507 e. The summed E-state index contributed by atoms with van der Waals surface area (Å²) in [6.45, 7) is 4.61. The van der Waals surface area contributed by atoms with Gasteiger partial charge >= 0.3 is 0 Å². The average Bonchev–Trinajstić information content (AvgIpc) is 3.17. The second-order valence-electron chi connectivity index (χ2n) is 9.15. The summed E-state index contributed by atoms with van der Waals surface area (Å²) in [5.74, 6) is -0.829. The van der Waals surface area contributed by atoms with Crippen molar-refractivity contribution in [2.45, 2.75) is 19.9 Å². The molecule has 0 saturated carbocycles. The van der Waals surface area contributed by atoms with Gasteiger partial charge in [0.1, 0.15) is 17.6 Å². The summed E-state index contributed by atoms with van der Waals surface area (Å²) in [5.41, 5.74) is 1.46. The van der Waals surface area contributed by atoms with Crippen molar-refractivity contribution < 1.29 is 19.4 Å². The third-order valence-corrected chi connectivity index (χ3v) is 6.13. The van der Waals surface area contributed by atoms with Crippen LogP contribution in [0.2, 0.25) is 0 Å². The molecule has 0 bridgehead atoms. The van der Waals surface area contributed by atoms with Gasteiger partial charge in [0.15, 0.2) is 0 Å². The van der Waals surface area contributed by atoms with Crippen LogP contribution in [0.5, 0.6) is 5.75 Å². The molecule has 3 aromatic carbocycles. The Hall–Kier alpha value is -4.45. The third-order valence-electron chi connectivity index (χ3n) is 6.13. The Morgan fingerprint density at radius 3 is 2.50 bits per heavy atom. The van der Waals surface area contributed by atoms with Gasteiger partial charge in [-0.3, -0.25) is 19.5 Å². The van der Waals surface area contributed by atoms with Crippen LogP contribution in [0, 0.1) is 5.92 Å². The molecule has 1 N–H and O–H groups in total. The number of amides is 1. The number of Topliss-reactive ketones (excluding diaryl/α,β-unsaturated/α-hetero) is 1. The van der Waals surface area contributed by atoms with E-state index >= 15 is 0 Å². The number of ketones is 1. The number of aliphatic hydroxyl groups excluding tert-OH is 1. The van der Waals surface area contributed by atoms with Crippen molar-refractivity contribution in [2.75, 3.05) is 11.5 Å². The second-order valence-corrected chi connectivity index (χ2v) is 9.15. The maximum atomic E-state index is 13.5. The molecule has 1 atom stereocenters. The maximum absolute atomic E-state index is 13.5. The van der Waals surface area contributed by atoms with Crippen molar-refractivity contribution in [3.05, 3.63) is 108 Å². The minimum atomic E-state index is -0.891. The van der Waals surface area contributed by atoms with E-state index in [9.17, 15) is 14.7 Å². The van der Waals surface area contributed by atoms with E-state index in [1.165, 1.54) is 4.90 Å². The number of aromatic nitrogens is 1. The maximum Gasteiger partial charge on any atom is 0.300 e. The van der Waals surface area contributed by atoms with E-state index in [-0.39, 0.29) is 11.3 Å². The summed E-state index contributed by atoms with van der Waals surface area (Å²) in [5, 5.41) is 13.2. The van der Waals surface area contributed by atoms with Crippen molar-refractivity contribution in [3.8, 4) is 5.75 Å². The largest absolute Gasteiger partial charge is 0.507 e. The van der Waals surface area contributed by atoms with Gasteiger partial charge in [0.25, 0.3) is 11.7 Å². The van der Waals surface area contributed by atoms with Gasteiger partial charge in [0.05, 0.1) is 23.6 Å². The molecule has 5 rings (SSSR count). The molecule has 180 valence electrons. The van der Waals surface area contributed by atoms with Gasteiger partial charge in [-0.15, -0.1) is 0 Å². The van der Waals surface area contributed by atoms with Crippen molar-refractivity contribution in [2.24, 2.45) is 5.92 Å². The molecule has 1 aliphatic rings. The summed E-state index contributed by atoms with van der Waals surface area (Å²) in [6.07, 6.45) is 1.61. The SMILES string of the molecule is CC(C)COc1cccc(/C(O)=C2\C(=O)C(=O)N(c3cccc4ccccc34)C2c2ccccn2)c1. The summed E-state index contributed by atoms with van der Waals surface area (Å²) in [6, 6.07) is 24.6. The molecule has 1 fully saturated rings. The molecule has 1 unspecified atom stereocenters. The van der Waals surface area contributed by atoms with Crippen molar-refractivity contribution >= 4 is 33.9 Å². The number of hydrogen-bond donors (Lipinski definition) is 1. The van der Waals surface area contributed by atoms with Gasteiger partial charge in [-0.05, 0) is 41.6 Å². The van der Waals surface area contributed by atoms with E-state index in [4.69, 9.17) is 4.74 Å². The van der Waals surface area contributed by atoms with Crippen molar-refractivity contribution in [3.63, 3.8) is 0 Å². The number of pyridine rings is 1. The van der Waals surface area contributed by atoms with Gasteiger partial charge in [0.2, 0.25) is 0 Å². The van der Waals surface area contributed by atoms with Crippen LogP contribution in [0.4, 0.5) is 5.69 Å². The molecule has 2 heterocycles. The Kier molecular flexibility index (Phi) is 6.25. The van der Waals surface area contributed by atoms with E-state index in [2.05, 4.69) is 4.98 Å². The lowest BCUT2D eigenvalue weighted by Crippen LogP contribution is -2.30. The summed E-state index contributed by atoms with van der Waals surface area (Å²) in [7, 11) is 0. The number of aliphatic hydroxyl groups is 1. The van der Waals surface area contributed by atoms with E-state index < -0.39 is 17.7 Å². The first-order valence-corrected chi connectivity index (χ1v) is 11.9. The van der Waals surface area contributed by atoms with E-state index in [0.29, 0.717) is 35.2 Å². The number of hydrogen-bond acceptors (Lipinski definition) is 5.